The van der Waals surface area contributed by atoms with Gasteiger partial charge in [0, 0.05) is 12.6 Å². The summed E-state index contributed by atoms with van der Waals surface area (Å²) in [7, 11) is 0. The molecule has 21 heavy (non-hydrogen) atoms. The molecule has 0 spiro atoms. The van der Waals surface area contributed by atoms with Crippen molar-refractivity contribution in [1.29, 1.82) is 0 Å². The van der Waals surface area contributed by atoms with Gasteiger partial charge in [0.2, 0.25) is 5.88 Å². The average Bonchev–Trinajstić information content (AvgIpc) is 2.45. The molecule has 2 rings (SSSR count). The molecule has 1 fully saturated rings. The van der Waals surface area contributed by atoms with E-state index in [0.717, 1.165) is 31.4 Å². The van der Waals surface area contributed by atoms with Gasteiger partial charge in [0.05, 0.1) is 18.5 Å². The molecule has 1 N–H and O–H groups in total. The Bertz CT molecular complexity index is 430. The fraction of sp³-hybridized carbons (Fsp3) is 0.750. The molecule has 0 saturated carbocycles. The van der Waals surface area contributed by atoms with Gasteiger partial charge in [-0.05, 0) is 59.5 Å². The van der Waals surface area contributed by atoms with Gasteiger partial charge in [-0.1, -0.05) is 0 Å². The van der Waals surface area contributed by atoms with E-state index in [1.165, 1.54) is 12.8 Å². The van der Waals surface area contributed by atoms with Crippen molar-refractivity contribution in [2.24, 2.45) is 5.92 Å². The minimum absolute atomic E-state index is 0.117. The van der Waals surface area contributed by atoms with Crippen molar-refractivity contribution in [3.8, 4) is 5.88 Å². The molecule has 5 nitrogen and oxygen atoms in total. The Labute approximate surface area is 128 Å². The summed E-state index contributed by atoms with van der Waals surface area (Å²) in [4.78, 5) is 11.3. The van der Waals surface area contributed by atoms with E-state index in [0.29, 0.717) is 11.9 Å². The monoisotopic (exact) mass is 292 g/mol. The first-order valence-electron chi connectivity index (χ1n) is 8.02. The van der Waals surface area contributed by atoms with Crippen molar-refractivity contribution in [2.45, 2.75) is 52.7 Å². The van der Waals surface area contributed by atoms with Crippen LogP contribution in [0, 0.1) is 5.92 Å². The summed E-state index contributed by atoms with van der Waals surface area (Å²) in [5.74, 6) is 2.25. The number of anilines is 1. The summed E-state index contributed by atoms with van der Waals surface area (Å²) < 4.78 is 5.66. The smallest absolute Gasteiger partial charge is 0.234 e. The molecular weight excluding hydrogens is 264 g/mol. The first kappa shape index (κ1) is 16.0. The first-order chi connectivity index (χ1) is 10.1. The lowest BCUT2D eigenvalue weighted by atomic mass is 9.97. The van der Waals surface area contributed by atoms with E-state index in [4.69, 9.17) is 4.74 Å². The van der Waals surface area contributed by atoms with Gasteiger partial charge < -0.3 is 15.0 Å². The zero-order valence-corrected chi connectivity index (χ0v) is 13.7. The molecule has 1 aliphatic heterocycles. The second-order valence-electron chi connectivity index (χ2n) is 6.32. The van der Waals surface area contributed by atoms with E-state index < -0.39 is 0 Å². The third kappa shape index (κ3) is 4.84. The predicted octanol–water partition coefficient (Wildman–Crippen LogP) is 2.48. The van der Waals surface area contributed by atoms with Crippen LogP contribution in [0.5, 0.6) is 5.88 Å². The number of hydrogen-bond donors (Lipinski definition) is 1. The largest absolute Gasteiger partial charge is 0.474 e. The minimum atomic E-state index is 0.117. The number of rotatable bonds is 6. The van der Waals surface area contributed by atoms with E-state index in [1.54, 1.807) is 6.20 Å². The van der Waals surface area contributed by atoms with Crippen molar-refractivity contribution in [3.05, 3.63) is 12.4 Å². The van der Waals surface area contributed by atoms with Crippen molar-refractivity contribution in [1.82, 2.24) is 15.3 Å². The molecule has 0 atom stereocenters. The molecule has 1 saturated heterocycles. The summed E-state index contributed by atoms with van der Waals surface area (Å²) in [6, 6.07) is 0.406. The Kier molecular flexibility index (Phi) is 5.79. The molecule has 1 aromatic heterocycles. The summed E-state index contributed by atoms with van der Waals surface area (Å²) in [5.41, 5.74) is 0. The molecule has 0 unspecified atom stereocenters. The third-order valence-corrected chi connectivity index (χ3v) is 3.79. The fourth-order valence-corrected chi connectivity index (χ4v) is 2.69. The second-order valence-corrected chi connectivity index (χ2v) is 6.32. The van der Waals surface area contributed by atoms with Crippen molar-refractivity contribution >= 4 is 5.82 Å². The minimum Gasteiger partial charge on any atom is -0.474 e. The molecule has 0 bridgehead atoms. The SMILES string of the molecule is CC(C)Oc1cncc(N(CC2CCNCC2)C(C)C)n1. The van der Waals surface area contributed by atoms with Crippen LogP contribution in [-0.2, 0) is 0 Å². The number of nitrogens with one attached hydrogen (secondary N) is 1. The zero-order valence-electron chi connectivity index (χ0n) is 13.7. The first-order valence-corrected chi connectivity index (χ1v) is 8.02. The highest BCUT2D eigenvalue weighted by Crippen LogP contribution is 2.21. The summed E-state index contributed by atoms with van der Waals surface area (Å²) in [6.07, 6.45) is 6.12. The normalized spacial score (nSPS) is 16.5. The van der Waals surface area contributed by atoms with Crippen LogP contribution in [0.4, 0.5) is 5.82 Å². The average molecular weight is 292 g/mol. The molecule has 2 heterocycles. The van der Waals surface area contributed by atoms with Gasteiger partial charge in [-0.2, -0.15) is 4.98 Å². The van der Waals surface area contributed by atoms with Gasteiger partial charge >= 0.3 is 0 Å². The summed E-state index contributed by atoms with van der Waals surface area (Å²) in [5, 5.41) is 3.42. The Hall–Kier alpha value is -1.36. The summed E-state index contributed by atoms with van der Waals surface area (Å²) in [6.45, 7) is 11.7. The number of ether oxygens (including phenoxy) is 1. The van der Waals surface area contributed by atoms with E-state index in [2.05, 4.69) is 34.0 Å². The number of nitrogens with zero attached hydrogens (tertiary/aromatic N) is 3. The quantitative estimate of drug-likeness (QED) is 0.873. The topological polar surface area (TPSA) is 50.3 Å². The van der Waals surface area contributed by atoms with Crippen LogP contribution in [0.3, 0.4) is 0 Å². The molecule has 0 amide bonds. The van der Waals surface area contributed by atoms with E-state index in [-0.39, 0.29) is 6.10 Å². The van der Waals surface area contributed by atoms with Crippen LogP contribution in [0.25, 0.3) is 0 Å². The Morgan fingerprint density at radius 2 is 1.95 bits per heavy atom. The van der Waals surface area contributed by atoms with E-state index in [1.807, 2.05) is 20.0 Å². The molecule has 1 aromatic rings. The van der Waals surface area contributed by atoms with Crippen LogP contribution in [0.15, 0.2) is 12.4 Å². The number of hydrogen-bond acceptors (Lipinski definition) is 5. The van der Waals surface area contributed by atoms with Crippen LogP contribution < -0.4 is 15.0 Å². The van der Waals surface area contributed by atoms with Crippen molar-refractivity contribution in [3.63, 3.8) is 0 Å². The molecule has 118 valence electrons. The highest BCUT2D eigenvalue weighted by Gasteiger charge is 2.20. The van der Waals surface area contributed by atoms with Crippen LogP contribution in [0.2, 0.25) is 0 Å². The highest BCUT2D eigenvalue weighted by molar-refractivity contribution is 5.38. The van der Waals surface area contributed by atoms with Crippen LogP contribution in [0.1, 0.15) is 40.5 Å². The fourth-order valence-electron chi connectivity index (χ4n) is 2.69. The van der Waals surface area contributed by atoms with Gasteiger partial charge in [0.1, 0.15) is 0 Å². The van der Waals surface area contributed by atoms with Crippen molar-refractivity contribution < 1.29 is 4.74 Å². The molecule has 5 heteroatoms. The zero-order chi connectivity index (χ0) is 15.2. The molecule has 0 aromatic carbocycles. The Balaban J connectivity index is 2.09. The van der Waals surface area contributed by atoms with Gasteiger partial charge in [0.15, 0.2) is 5.82 Å². The third-order valence-electron chi connectivity index (χ3n) is 3.79. The molecule has 0 aliphatic carbocycles. The maximum atomic E-state index is 5.66. The van der Waals surface area contributed by atoms with Crippen LogP contribution >= 0.6 is 0 Å². The Morgan fingerprint density at radius 3 is 2.57 bits per heavy atom. The van der Waals surface area contributed by atoms with E-state index >= 15 is 0 Å². The van der Waals surface area contributed by atoms with Gasteiger partial charge in [-0.25, -0.2) is 0 Å². The lowest BCUT2D eigenvalue weighted by Gasteiger charge is -2.33. The maximum absolute atomic E-state index is 5.66. The standard InChI is InChI=1S/C16H28N4O/c1-12(2)20(11-14-5-7-17-8-6-14)15-9-18-10-16(19-15)21-13(3)4/h9-10,12-14,17H,5-8,11H2,1-4H3. The number of piperidine rings is 1. The van der Waals surface area contributed by atoms with Gasteiger partial charge in [-0.3, -0.25) is 4.98 Å². The molecular formula is C16H28N4O. The van der Waals surface area contributed by atoms with Gasteiger partial charge in [-0.15, -0.1) is 0 Å². The van der Waals surface area contributed by atoms with E-state index in [9.17, 15) is 0 Å². The lowest BCUT2D eigenvalue weighted by Crippen LogP contribution is -2.40. The second kappa shape index (κ2) is 7.59. The molecule has 0 radical (unpaired) electrons. The summed E-state index contributed by atoms with van der Waals surface area (Å²) >= 11 is 0. The lowest BCUT2D eigenvalue weighted by molar-refractivity contribution is 0.231. The maximum Gasteiger partial charge on any atom is 0.234 e. The molecule has 1 aliphatic rings. The van der Waals surface area contributed by atoms with Gasteiger partial charge in [0.25, 0.3) is 0 Å². The number of aromatic nitrogens is 2. The van der Waals surface area contributed by atoms with Crippen molar-refractivity contribution in [2.75, 3.05) is 24.5 Å². The Morgan fingerprint density at radius 1 is 1.24 bits per heavy atom. The van der Waals surface area contributed by atoms with Crippen LogP contribution in [-0.4, -0.2) is 41.7 Å². The highest BCUT2D eigenvalue weighted by atomic mass is 16.5. The predicted molar refractivity (Wildman–Crippen MR) is 85.9 cm³/mol.